The summed E-state index contributed by atoms with van der Waals surface area (Å²) in [6.45, 7) is 0. The molecule has 0 bridgehead atoms. The molecule has 5 aromatic rings. The molecule has 0 saturated carbocycles. The molecule has 0 N–H and O–H groups in total. The minimum atomic E-state index is 0.708. The van der Waals surface area contributed by atoms with Crippen LogP contribution in [-0.2, 0) is 5.75 Å². The Morgan fingerprint density at radius 1 is 0.844 bits per heavy atom. The highest BCUT2D eigenvalue weighted by atomic mass is 32.2. The summed E-state index contributed by atoms with van der Waals surface area (Å²) in [6.07, 6.45) is 3.83. The van der Waals surface area contributed by atoms with E-state index >= 15 is 0 Å². The summed E-state index contributed by atoms with van der Waals surface area (Å²) in [5.74, 6) is 1.53. The van der Waals surface area contributed by atoms with Crippen LogP contribution in [0.1, 0.15) is 5.56 Å². The minimum Gasteiger partial charge on any atom is -0.497 e. The number of nitrogens with zero attached hydrogens (tertiary/aromatic N) is 5. The number of thioether (sulfide) groups is 1. The molecule has 0 spiro atoms. The number of benzene rings is 3. The predicted molar refractivity (Wildman–Crippen MR) is 126 cm³/mol. The van der Waals surface area contributed by atoms with Gasteiger partial charge in [0.25, 0.3) is 0 Å². The Morgan fingerprint density at radius 3 is 2.22 bits per heavy atom. The molecule has 0 aliphatic rings. The number of para-hydroxylation sites is 2. The van der Waals surface area contributed by atoms with Crippen LogP contribution in [0, 0.1) is 0 Å². The minimum absolute atomic E-state index is 0.708. The third kappa shape index (κ3) is 4.15. The smallest absolute Gasteiger partial charge is 0.195 e. The van der Waals surface area contributed by atoms with Gasteiger partial charge in [0.05, 0.1) is 18.5 Å². The second-order valence-electron chi connectivity index (χ2n) is 7.12. The molecule has 32 heavy (non-hydrogen) atoms. The maximum absolute atomic E-state index is 5.31. The number of ether oxygens (including phenoxy) is 1. The molecule has 0 saturated heterocycles. The Labute approximate surface area is 190 Å². The maximum Gasteiger partial charge on any atom is 0.195 e. The van der Waals surface area contributed by atoms with E-state index in [1.165, 1.54) is 0 Å². The number of rotatable bonds is 7. The van der Waals surface area contributed by atoms with Gasteiger partial charge in [-0.05, 0) is 48.5 Å². The van der Waals surface area contributed by atoms with Crippen LogP contribution in [0.5, 0.6) is 5.75 Å². The van der Waals surface area contributed by atoms with Crippen molar-refractivity contribution < 1.29 is 4.74 Å². The summed E-state index contributed by atoms with van der Waals surface area (Å²) in [5.41, 5.74) is 5.16. The second kappa shape index (κ2) is 9.11. The van der Waals surface area contributed by atoms with Gasteiger partial charge in [0.15, 0.2) is 5.16 Å². The molecular weight excluding hydrogens is 418 g/mol. The van der Waals surface area contributed by atoms with Crippen molar-refractivity contribution in [2.24, 2.45) is 0 Å². The fourth-order valence-corrected chi connectivity index (χ4v) is 4.34. The van der Waals surface area contributed by atoms with Crippen LogP contribution in [0.2, 0.25) is 0 Å². The lowest BCUT2D eigenvalue weighted by Gasteiger charge is -2.06. The largest absolute Gasteiger partial charge is 0.497 e. The van der Waals surface area contributed by atoms with Crippen molar-refractivity contribution in [3.05, 3.63) is 103 Å². The van der Waals surface area contributed by atoms with E-state index in [0.29, 0.717) is 5.75 Å². The molecule has 0 amide bonds. The molecular formula is C25H21N5OS. The first-order chi connectivity index (χ1) is 15.8. The fourth-order valence-electron chi connectivity index (χ4n) is 3.45. The van der Waals surface area contributed by atoms with Crippen molar-refractivity contribution >= 4 is 11.8 Å². The van der Waals surface area contributed by atoms with E-state index in [1.807, 2.05) is 94.2 Å². The molecule has 0 atom stereocenters. The van der Waals surface area contributed by atoms with Crippen LogP contribution in [-0.4, -0.2) is 31.7 Å². The normalized spacial score (nSPS) is 10.9. The van der Waals surface area contributed by atoms with Gasteiger partial charge in [-0.15, -0.1) is 10.2 Å². The van der Waals surface area contributed by atoms with Crippen LogP contribution in [0.15, 0.2) is 103 Å². The molecule has 0 unspecified atom stereocenters. The van der Waals surface area contributed by atoms with Gasteiger partial charge in [-0.1, -0.05) is 48.2 Å². The number of methoxy groups -OCH3 is 1. The molecule has 6 nitrogen and oxygen atoms in total. The summed E-state index contributed by atoms with van der Waals surface area (Å²) in [4.78, 5) is 0. The number of aromatic nitrogens is 5. The highest BCUT2D eigenvalue weighted by Gasteiger charge is 2.15. The van der Waals surface area contributed by atoms with Gasteiger partial charge in [-0.25, -0.2) is 4.68 Å². The van der Waals surface area contributed by atoms with Crippen molar-refractivity contribution in [2.45, 2.75) is 10.9 Å². The van der Waals surface area contributed by atoms with E-state index in [0.717, 1.165) is 39.1 Å². The summed E-state index contributed by atoms with van der Waals surface area (Å²) in [6, 6.07) is 28.2. The first kappa shape index (κ1) is 20.1. The molecule has 0 aliphatic carbocycles. The quantitative estimate of drug-likeness (QED) is 0.317. The van der Waals surface area contributed by atoms with Crippen molar-refractivity contribution in [3.8, 4) is 28.4 Å². The van der Waals surface area contributed by atoms with Crippen LogP contribution in [0.4, 0.5) is 0 Å². The number of hydrogen-bond acceptors (Lipinski definition) is 5. The molecule has 3 aromatic carbocycles. The second-order valence-corrected chi connectivity index (χ2v) is 8.06. The lowest BCUT2D eigenvalue weighted by molar-refractivity contribution is 0.415. The topological polar surface area (TPSA) is 57.8 Å². The molecule has 2 heterocycles. The maximum atomic E-state index is 5.31. The highest BCUT2D eigenvalue weighted by molar-refractivity contribution is 7.98. The predicted octanol–water partition coefficient (Wildman–Crippen LogP) is 5.42. The SMILES string of the molecule is COc1ccc(-c2nn(-c3ccccc3)cc2CSc2nncn2-c2ccccc2)cc1. The van der Waals surface area contributed by atoms with E-state index in [4.69, 9.17) is 9.84 Å². The zero-order valence-electron chi connectivity index (χ0n) is 17.5. The average molecular weight is 440 g/mol. The van der Waals surface area contributed by atoms with Crippen LogP contribution in [0.3, 0.4) is 0 Å². The van der Waals surface area contributed by atoms with Gasteiger partial charge < -0.3 is 4.74 Å². The van der Waals surface area contributed by atoms with Crippen LogP contribution in [0.25, 0.3) is 22.6 Å². The monoisotopic (exact) mass is 439 g/mol. The standard InChI is InChI=1S/C25H21N5OS/c1-31-23-14-12-19(13-15-23)24-20(16-30(28-24)22-10-6-3-7-11-22)17-32-25-27-26-18-29(25)21-8-4-2-5-9-21/h2-16,18H,17H2,1H3. The Kier molecular flexibility index (Phi) is 5.72. The zero-order chi connectivity index (χ0) is 21.8. The lowest BCUT2D eigenvalue weighted by Crippen LogP contribution is -1.95. The Hall–Kier alpha value is -3.84. The molecule has 7 heteroatoms. The first-order valence-electron chi connectivity index (χ1n) is 10.2. The summed E-state index contributed by atoms with van der Waals surface area (Å²) in [7, 11) is 1.67. The van der Waals surface area contributed by atoms with Crippen LogP contribution >= 0.6 is 11.8 Å². The van der Waals surface area contributed by atoms with Crippen molar-refractivity contribution in [3.63, 3.8) is 0 Å². The van der Waals surface area contributed by atoms with Gasteiger partial charge in [0, 0.05) is 28.8 Å². The van der Waals surface area contributed by atoms with Crippen molar-refractivity contribution in [1.82, 2.24) is 24.5 Å². The number of hydrogen-bond donors (Lipinski definition) is 0. The fraction of sp³-hybridized carbons (Fsp3) is 0.0800. The van der Waals surface area contributed by atoms with Gasteiger partial charge in [0.2, 0.25) is 0 Å². The average Bonchev–Trinajstić information content (AvgIpc) is 3.51. The van der Waals surface area contributed by atoms with E-state index in [-0.39, 0.29) is 0 Å². The highest BCUT2D eigenvalue weighted by Crippen LogP contribution is 2.31. The van der Waals surface area contributed by atoms with Gasteiger partial charge >= 0.3 is 0 Å². The van der Waals surface area contributed by atoms with E-state index in [2.05, 4.69) is 16.4 Å². The summed E-state index contributed by atoms with van der Waals surface area (Å²) in [5, 5.41) is 14.2. The summed E-state index contributed by atoms with van der Waals surface area (Å²) < 4.78 is 9.24. The summed E-state index contributed by atoms with van der Waals surface area (Å²) >= 11 is 1.64. The third-order valence-corrected chi connectivity index (χ3v) is 6.07. The molecule has 5 rings (SSSR count). The van der Waals surface area contributed by atoms with Gasteiger partial charge in [0.1, 0.15) is 12.1 Å². The molecule has 2 aromatic heterocycles. The Balaban J connectivity index is 1.48. The van der Waals surface area contributed by atoms with E-state index in [1.54, 1.807) is 25.2 Å². The Bertz CT molecular complexity index is 1300. The van der Waals surface area contributed by atoms with Crippen molar-refractivity contribution in [1.29, 1.82) is 0 Å². The third-order valence-electron chi connectivity index (χ3n) is 5.08. The lowest BCUT2D eigenvalue weighted by atomic mass is 10.1. The van der Waals surface area contributed by atoms with E-state index in [9.17, 15) is 0 Å². The molecule has 0 aliphatic heterocycles. The molecule has 0 radical (unpaired) electrons. The van der Waals surface area contributed by atoms with Gasteiger partial charge in [-0.2, -0.15) is 5.10 Å². The van der Waals surface area contributed by atoms with Gasteiger partial charge in [-0.3, -0.25) is 4.57 Å². The zero-order valence-corrected chi connectivity index (χ0v) is 18.3. The Morgan fingerprint density at radius 2 is 1.53 bits per heavy atom. The molecule has 0 fully saturated rings. The molecule has 158 valence electrons. The van der Waals surface area contributed by atoms with Crippen LogP contribution < -0.4 is 4.74 Å². The van der Waals surface area contributed by atoms with Crippen molar-refractivity contribution in [2.75, 3.05) is 7.11 Å². The first-order valence-corrected chi connectivity index (χ1v) is 11.2. The van der Waals surface area contributed by atoms with E-state index < -0.39 is 0 Å².